The van der Waals surface area contributed by atoms with E-state index in [4.69, 9.17) is 11.5 Å². The smallest absolute Gasteiger partial charge is 0.312 e. The minimum atomic E-state index is -0.621. The summed E-state index contributed by atoms with van der Waals surface area (Å²) in [6.45, 7) is 0. The number of hydrogen-bond donors (Lipinski definition) is 4. The minimum absolute atomic E-state index is 0.0670. The Hall–Kier alpha value is -1.60. The fraction of sp³-hybridized carbons (Fsp3) is 0.571. The molecule has 6 nitrogen and oxygen atoms in total. The number of carbonyl (C=O) groups excluding carboxylic acids is 2. The molecule has 1 aliphatic carbocycles. The topological polar surface area (TPSA) is 110 Å². The third-order valence-electron chi connectivity index (χ3n) is 3.73. The van der Waals surface area contributed by atoms with Gasteiger partial charge in [0.1, 0.15) is 0 Å². The van der Waals surface area contributed by atoms with Crippen molar-refractivity contribution in [3.05, 3.63) is 22.4 Å². The maximum Gasteiger partial charge on any atom is 0.312 e. The predicted molar refractivity (Wildman–Crippen MR) is 82.8 cm³/mol. The fourth-order valence-corrected chi connectivity index (χ4v) is 3.40. The average molecular weight is 310 g/mol. The third kappa shape index (κ3) is 5.02. The molecule has 0 saturated heterocycles. The monoisotopic (exact) mass is 310 g/mol. The highest BCUT2D eigenvalue weighted by Gasteiger charge is 2.23. The number of primary amides is 1. The summed E-state index contributed by atoms with van der Waals surface area (Å²) in [6, 6.07) is 3.23. The lowest BCUT2D eigenvalue weighted by atomic mass is 9.91. The first-order valence-corrected chi connectivity index (χ1v) is 8.07. The highest BCUT2D eigenvalue weighted by atomic mass is 32.1. The van der Waals surface area contributed by atoms with Gasteiger partial charge in [-0.2, -0.15) is 0 Å². The SMILES string of the molecule is NC(=O)NC(CC(=O)NC1CCC(N)CC1)c1cccs1. The zero-order valence-electron chi connectivity index (χ0n) is 11.9. The first-order chi connectivity index (χ1) is 10.0. The summed E-state index contributed by atoms with van der Waals surface area (Å²) in [4.78, 5) is 24.2. The van der Waals surface area contributed by atoms with Crippen LogP contribution < -0.4 is 22.1 Å². The quantitative estimate of drug-likeness (QED) is 0.656. The molecule has 6 N–H and O–H groups in total. The number of thiophene rings is 1. The second-order valence-electron chi connectivity index (χ2n) is 5.46. The zero-order chi connectivity index (χ0) is 15.2. The Morgan fingerprint density at radius 1 is 1.33 bits per heavy atom. The number of nitrogens with one attached hydrogen (secondary N) is 2. The molecular formula is C14H22N4O2S. The predicted octanol–water partition coefficient (Wildman–Crippen LogP) is 1.23. The second kappa shape index (κ2) is 7.42. The standard InChI is InChI=1S/C14H22N4O2S/c15-9-3-5-10(6-4-9)17-13(19)8-11(18-14(16)20)12-2-1-7-21-12/h1-2,7,9-11H,3-6,8,15H2,(H,17,19)(H3,16,18,20). The normalized spacial score (nSPS) is 23.3. The maximum absolute atomic E-state index is 12.2. The lowest BCUT2D eigenvalue weighted by Crippen LogP contribution is -2.42. The van der Waals surface area contributed by atoms with Crippen molar-refractivity contribution in [2.45, 2.75) is 50.2 Å². The number of nitrogens with two attached hydrogens (primary N) is 2. The molecule has 3 amide bonds. The summed E-state index contributed by atoms with van der Waals surface area (Å²) in [7, 11) is 0. The van der Waals surface area contributed by atoms with E-state index in [9.17, 15) is 9.59 Å². The first-order valence-electron chi connectivity index (χ1n) is 7.19. The van der Waals surface area contributed by atoms with Crippen LogP contribution in [0.2, 0.25) is 0 Å². The van der Waals surface area contributed by atoms with E-state index < -0.39 is 6.03 Å². The second-order valence-corrected chi connectivity index (χ2v) is 6.44. The van der Waals surface area contributed by atoms with Gasteiger partial charge in [-0.3, -0.25) is 4.79 Å². The van der Waals surface area contributed by atoms with Gasteiger partial charge in [0.2, 0.25) is 5.91 Å². The van der Waals surface area contributed by atoms with Crippen LogP contribution in [-0.2, 0) is 4.79 Å². The summed E-state index contributed by atoms with van der Waals surface area (Å²) in [6.07, 6.45) is 3.92. The van der Waals surface area contributed by atoms with Crippen molar-refractivity contribution in [3.63, 3.8) is 0 Å². The minimum Gasteiger partial charge on any atom is -0.353 e. The van der Waals surface area contributed by atoms with E-state index in [1.807, 2.05) is 17.5 Å². The van der Waals surface area contributed by atoms with Gasteiger partial charge in [-0.1, -0.05) is 6.07 Å². The van der Waals surface area contributed by atoms with E-state index >= 15 is 0 Å². The van der Waals surface area contributed by atoms with Gasteiger partial charge in [-0.15, -0.1) is 11.3 Å². The fourth-order valence-electron chi connectivity index (χ4n) is 2.62. The molecule has 1 unspecified atom stereocenters. The van der Waals surface area contributed by atoms with Gasteiger partial charge >= 0.3 is 6.03 Å². The highest BCUT2D eigenvalue weighted by Crippen LogP contribution is 2.23. The molecule has 1 aliphatic rings. The van der Waals surface area contributed by atoms with Crippen LogP contribution in [0.25, 0.3) is 0 Å². The number of rotatable bonds is 5. The summed E-state index contributed by atoms with van der Waals surface area (Å²) in [5.74, 6) is -0.0670. The van der Waals surface area contributed by atoms with Crippen molar-refractivity contribution in [1.29, 1.82) is 0 Å². The summed E-state index contributed by atoms with van der Waals surface area (Å²) in [5.41, 5.74) is 11.0. The molecule has 0 aromatic carbocycles. The van der Waals surface area contributed by atoms with Gasteiger partial charge < -0.3 is 22.1 Å². The lowest BCUT2D eigenvalue weighted by Gasteiger charge is -2.27. The Bertz CT molecular complexity index is 469. The summed E-state index contributed by atoms with van der Waals surface area (Å²) >= 11 is 1.49. The first kappa shape index (κ1) is 15.8. The van der Waals surface area contributed by atoms with Crippen LogP contribution in [0.1, 0.15) is 43.0 Å². The Morgan fingerprint density at radius 3 is 2.62 bits per heavy atom. The molecule has 0 radical (unpaired) electrons. The molecule has 21 heavy (non-hydrogen) atoms. The lowest BCUT2D eigenvalue weighted by molar-refractivity contribution is -0.122. The van der Waals surface area contributed by atoms with Crippen molar-refractivity contribution < 1.29 is 9.59 Å². The number of amides is 3. The molecule has 0 aliphatic heterocycles. The van der Waals surface area contributed by atoms with Crippen LogP contribution in [-0.4, -0.2) is 24.0 Å². The van der Waals surface area contributed by atoms with Crippen LogP contribution in [0.4, 0.5) is 4.79 Å². The Labute approximate surface area is 128 Å². The largest absolute Gasteiger partial charge is 0.353 e. The van der Waals surface area contributed by atoms with E-state index in [-0.39, 0.29) is 30.5 Å². The van der Waals surface area contributed by atoms with Gasteiger partial charge in [0.05, 0.1) is 12.5 Å². The molecule has 116 valence electrons. The molecule has 2 rings (SSSR count). The van der Waals surface area contributed by atoms with Crippen LogP contribution in [0.3, 0.4) is 0 Å². The van der Waals surface area contributed by atoms with Crippen molar-refractivity contribution in [2.24, 2.45) is 11.5 Å². The number of hydrogen-bond acceptors (Lipinski definition) is 4. The number of urea groups is 1. The van der Waals surface area contributed by atoms with Crippen molar-refractivity contribution >= 4 is 23.3 Å². The third-order valence-corrected chi connectivity index (χ3v) is 4.72. The average Bonchev–Trinajstić information content (AvgIpc) is 2.94. The molecule has 1 fully saturated rings. The zero-order valence-corrected chi connectivity index (χ0v) is 12.7. The van der Waals surface area contributed by atoms with Gasteiger partial charge in [0.15, 0.2) is 0 Å². The molecule has 1 saturated carbocycles. The van der Waals surface area contributed by atoms with Crippen LogP contribution in [0.5, 0.6) is 0 Å². The summed E-state index contributed by atoms with van der Waals surface area (Å²) < 4.78 is 0. The van der Waals surface area contributed by atoms with Gasteiger partial charge in [0, 0.05) is 17.0 Å². The van der Waals surface area contributed by atoms with E-state index in [1.165, 1.54) is 11.3 Å². The Balaban J connectivity index is 1.87. The molecule has 0 spiro atoms. The molecule has 1 aromatic heterocycles. The number of carbonyl (C=O) groups is 2. The highest BCUT2D eigenvalue weighted by molar-refractivity contribution is 7.10. The molecule has 1 aromatic rings. The van der Waals surface area contributed by atoms with E-state index in [0.29, 0.717) is 0 Å². The van der Waals surface area contributed by atoms with Crippen molar-refractivity contribution in [2.75, 3.05) is 0 Å². The van der Waals surface area contributed by atoms with Crippen molar-refractivity contribution in [3.8, 4) is 0 Å². The molecule has 1 atom stereocenters. The van der Waals surface area contributed by atoms with Gasteiger partial charge in [0.25, 0.3) is 0 Å². The van der Waals surface area contributed by atoms with E-state index in [0.717, 1.165) is 30.6 Å². The Morgan fingerprint density at radius 2 is 2.05 bits per heavy atom. The van der Waals surface area contributed by atoms with E-state index in [1.54, 1.807) is 0 Å². The maximum atomic E-state index is 12.2. The van der Waals surface area contributed by atoms with Gasteiger partial charge in [-0.05, 0) is 37.1 Å². The van der Waals surface area contributed by atoms with Crippen molar-refractivity contribution in [1.82, 2.24) is 10.6 Å². The molecule has 1 heterocycles. The van der Waals surface area contributed by atoms with E-state index in [2.05, 4.69) is 10.6 Å². The van der Waals surface area contributed by atoms with Crippen LogP contribution in [0, 0.1) is 0 Å². The molecule has 7 heteroatoms. The molecule has 0 bridgehead atoms. The van der Waals surface area contributed by atoms with Gasteiger partial charge in [-0.25, -0.2) is 4.79 Å². The summed E-state index contributed by atoms with van der Waals surface area (Å²) in [5, 5.41) is 7.56. The van der Waals surface area contributed by atoms with Crippen LogP contribution >= 0.6 is 11.3 Å². The Kier molecular flexibility index (Phi) is 5.58. The molecular weight excluding hydrogens is 288 g/mol. The van der Waals surface area contributed by atoms with Crippen LogP contribution in [0.15, 0.2) is 17.5 Å².